The first-order valence-electron chi connectivity index (χ1n) is 11.0. The molecule has 6 heteroatoms. The molecule has 0 aliphatic heterocycles. The number of hydrogen-bond acceptors (Lipinski definition) is 3. The van der Waals surface area contributed by atoms with Crippen LogP contribution in [-0.2, 0) is 0 Å². The maximum atomic E-state index is 13.5. The maximum Gasteiger partial charge on any atom is 0.322 e. The smallest absolute Gasteiger partial charge is 0.318 e. The standard InChI is InChI=1S/C27H28N4O2/c1-17-10-8-13-21(16-17)31-25(28-23-15-7-6-14-22(23)26(31)32)20(4)30(5)27(33)29-24-18(2)11-9-12-19(24)3/h6-16,20H,1-5H3,(H,29,33). The van der Waals surface area contributed by atoms with Gasteiger partial charge in [-0.25, -0.2) is 9.78 Å². The van der Waals surface area contributed by atoms with E-state index in [1.54, 1.807) is 22.6 Å². The molecule has 1 unspecified atom stereocenters. The van der Waals surface area contributed by atoms with Gasteiger partial charge >= 0.3 is 6.03 Å². The Kier molecular flexibility index (Phi) is 6.01. The number of para-hydroxylation sites is 2. The van der Waals surface area contributed by atoms with E-state index >= 15 is 0 Å². The first-order chi connectivity index (χ1) is 15.8. The zero-order chi connectivity index (χ0) is 23.7. The topological polar surface area (TPSA) is 67.2 Å². The highest BCUT2D eigenvalue weighted by molar-refractivity contribution is 5.91. The molecule has 0 saturated carbocycles. The second-order valence-corrected chi connectivity index (χ2v) is 8.45. The van der Waals surface area contributed by atoms with Gasteiger partial charge in [-0.1, -0.05) is 42.5 Å². The van der Waals surface area contributed by atoms with Gasteiger partial charge in [0.25, 0.3) is 5.56 Å². The number of fused-ring (bicyclic) bond motifs is 1. The van der Waals surface area contributed by atoms with E-state index in [1.165, 1.54) is 0 Å². The van der Waals surface area contributed by atoms with Gasteiger partial charge < -0.3 is 10.2 Å². The van der Waals surface area contributed by atoms with E-state index in [9.17, 15) is 9.59 Å². The lowest BCUT2D eigenvalue weighted by Gasteiger charge is -2.28. The van der Waals surface area contributed by atoms with Crippen molar-refractivity contribution >= 4 is 22.6 Å². The molecule has 1 atom stereocenters. The average molecular weight is 441 g/mol. The molecule has 0 spiro atoms. The molecule has 168 valence electrons. The summed E-state index contributed by atoms with van der Waals surface area (Å²) >= 11 is 0. The summed E-state index contributed by atoms with van der Waals surface area (Å²) in [4.78, 5) is 33.1. The second kappa shape index (κ2) is 8.90. The summed E-state index contributed by atoms with van der Waals surface area (Å²) in [5.41, 5.74) is 4.99. The predicted octanol–water partition coefficient (Wildman–Crippen LogP) is 5.54. The fourth-order valence-electron chi connectivity index (χ4n) is 4.00. The van der Waals surface area contributed by atoms with Gasteiger partial charge in [-0.05, 0) is 68.7 Å². The Morgan fingerprint density at radius 3 is 2.33 bits per heavy atom. The van der Waals surface area contributed by atoms with E-state index in [2.05, 4.69) is 5.32 Å². The molecule has 0 fully saturated rings. The van der Waals surface area contributed by atoms with E-state index in [1.807, 2.05) is 88.4 Å². The normalized spacial score (nSPS) is 11.9. The predicted molar refractivity (Wildman–Crippen MR) is 133 cm³/mol. The van der Waals surface area contributed by atoms with Crippen LogP contribution in [0.1, 0.15) is 35.5 Å². The number of aromatic nitrogens is 2. The lowest BCUT2D eigenvalue weighted by Crippen LogP contribution is -2.37. The summed E-state index contributed by atoms with van der Waals surface area (Å²) in [6, 6.07) is 20.2. The van der Waals surface area contributed by atoms with Gasteiger partial charge in [0.15, 0.2) is 0 Å². The molecule has 0 radical (unpaired) electrons. The number of anilines is 1. The van der Waals surface area contributed by atoms with Crippen LogP contribution in [0.3, 0.4) is 0 Å². The van der Waals surface area contributed by atoms with Gasteiger partial charge in [0.05, 0.1) is 22.6 Å². The maximum absolute atomic E-state index is 13.5. The molecule has 3 aromatic carbocycles. The molecule has 4 aromatic rings. The molecule has 1 N–H and O–H groups in total. The van der Waals surface area contributed by atoms with Gasteiger partial charge in [0, 0.05) is 12.7 Å². The Labute approximate surface area is 193 Å². The molecule has 6 nitrogen and oxygen atoms in total. The number of carbonyl (C=O) groups excluding carboxylic acids is 1. The van der Waals surface area contributed by atoms with Crippen LogP contribution in [0.15, 0.2) is 71.5 Å². The highest BCUT2D eigenvalue weighted by atomic mass is 16.2. The summed E-state index contributed by atoms with van der Waals surface area (Å²) < 4.78 is 1.61. The van der Waals surface area contributed by atoms with Crippen LogP contribution in [0.25, 0.3) is 16.6 Å². The Morgan fingerprint density at radius 2 is 1.64 bits per heavy atom. The second-order valence-electron chi connectivity index (χ2n) is 8.45. The Balaban J connectivity index is 1.80. The number of carbonyl (C=O) groups is 1. The highest BCUT2D eigenvalue weighted by Gasteiger charge is 2.25. The monoisotopic (exact) mass is 440 g/mol. The first kappa shape index (κ1) is 22.3. The molecular weight excluding hydrogens is 412 g/mol. The van der Waals surface area contributed by atoms with Crippen molar-refractivity contribution < 1.29 is 4.79 Å². The number of nitrogens with one attached hydrogen (secondary N) is 1. The molecule has 1 heterocycles. The van der Waals surface area contributed by atoms with Crippen molar-refractivity contribution in [2.75, 3.05) is 12.4 Å². The highest BCUT2D eigenvalue weighted by Crippen LogP contribution is 2.25. The first-order valence-corrected chi connectivity index (χ1v) is 11.0. The Hall–Kier alpha value is -3.93. The van der Waals surface area contributed by atoms with Crippen LogP contribution >= 0.6 is 0 Å². The van der Waals surface area contributed by atoms with Gasteiger partial charge in [-0.3, -0.25) is 9.36 Å². The number of urea groups is 1. The van der Waals surface area contributed by atoms with Gasteiger partial charge in [0.2, 0.25) is 0 Å². The third-order valence-electron chi connectivity index (χ3n) is 6.05. The Morgan fingerprint density at radius 1 is 0.970 bits per heavy atom. The summed E-state index contributed by atoms with van der Waals surface area (Å²) in [6.07, 6.45) is 0. The lowest BCUT2D eigenvalue weighted by atomic mass is 10.1. The van der Waals surface area contributed by atoms with Crippen molar-refractivity contribution in [3.05, 3.63) is 99.6 Å². The van der Waals surface area contributed by atoms with Crippen LogP contribution in [0, 0.1) is 20.8 Å². The number of benzene rings is 3. The van der Waals surface area contributed by atoms with Crippen molar-refractivity contribution in [1.29, 1.82) is 0 Å². The minimum absolute atomic E-state index is 0.156. The van der Waals surface area contributed by atoms with Crippen molar-refractivity contribution in [1.82, 2.24) is 14.5 Å². The van der Waals surface area contributed by atoms with Crippen LogP contribution in [0.5, 0.6) is 0 Å². The Bertz CT molecular complexity index is 1390. The van der Waals surface area contributed by atoms with Crippen molar-refractivity contribution in [2.24, 2.45) is 0 Å². The lowest BCUT2D eigenvalue weighted by molar-refractivity contribution is 0.205. The molecule has 4 rings (SSSR count). The largest absolute Gasteiger partial charge is 0.322 e. The van der Waals surface area contributed by atoms with Crippen molar-refractivity contribution in [3.8, 4) is 5.69 Å². The summed E-state index contributed by atoms with van der Waals surface area (Å²) in [5.74, 6) is 0.503. The molecule has 1 aromatic heterocycles. The minimum Gasteiger partial charge on any atom is -0.318 e. The molecule has 33 heavy (non-hydrogen) atoms. The fraction of sp³-hybridized carbons (Fsp3) is 0.222. The van der Waals surface area contributed by atoms with Gasteiger partial charge in [-0.2, -0.15) is 0 Å². The third-order valence-corrected chi connectivity index (χ3v) is 6.05. The minimum atomic E-state index is -0.466. The van der Waals surface area contributed by atoms with E-state index in [-0.39, 0.29) is 11.6 Å². The molecule has 0 aliphatic carbocycles. The molecule has 0 bridgehead atoms. The molecule has 0 saturated heterocycles. The number of rotatable bonds is 4. The van der Waals surface area contributed by atoms with Crippen LogP contribution < -0.4 is 10.9 Å². The fourth-order valence-corrected chi connectivity index (χ4v) is 4.00. The zero-order valence-corrected chi connectivity index (χ0v) is 19.6. The zero-order valence-electron chi connectivity index (χ0n) is 19.6. The third kappa shape index (κ3) is 4.24. The molecule has 2 amide bonds. The molecule has 0 aliphatic rings. The SMILES string of the molecule is Cc1cccc(-n2c(C(C)N(C)C(=O)Nc3c(C)cccc3C)nc3ccccc3c2=O)c1. The van der Waals surface area contributed by atoms with E-state index < -0.39 is 6.04 Å². The average Bonchev–Trinajstić information content (AvgIpc) is 2.80. The van der Waals surface area contributed by atoms with Crippen LogP contribution in [-0.4, -0.2) is 27.5 Å². The van der Waals surface area contributed by atoms with Crippen LogP contribution in [0.4, 0.5) is 10.5 Å². The van der Waals surface area contributed by atoms with Gasteiger partial charge in [0.1, 0.15) is 5.82 Å². The van der Waals surface area contributed by atoms with E-state index in [4.69, 9.17) is 4.98 Å². The summed E-state index contributed by atoms with van der Waals surface area (Å²) in [5, 5.41) is 3.56. The van der Waals surface area contributed by atoms with E-state index in [0.29, 0.717) is 16.7 Å². The summed E-state index contributed by atoms with van der Waals surface area (Å²) in [6.45, 7) is 7.79. The number of amides is 2. The molecular formula is C27H28N4O2. The quantitative estimate of drug-likeness (QED) is 0.453. The number of hydrogen-bond donors (Lipinski definition) is 1. The number of nitrogens with zero attached hydrogens (tertiary/aromatic N) is 3. The van der Waals surface area contributed by atoms with Gasteiger partial charge in [-0.15, -0.1) is 0 Å². The summed E-state index contributed by atoms with van der Waals surface area (Å²) in [7, 11) is 1.72. The van der Waals surface area contributed by atoms with Crippen molar-refractivity contribution in [2.45, 2.75) is 33.7 Å². The van der Waals surface area contributed by atoms with Crippen molar-refractivity contribution in [3.63, 3.8) is 0 Å². The van der Waals surface area contributed by atoms with Crippen LogP contribution in [0.2, 0.25) is 0 Å². The number of aryl methyl sites for hydroxylation is 3. The van der Waals surface area contributed by atoms with E-state index in [0.717, 1.165) is 28.1 Å².